The fourth-order valence-electron chi connectivity index (χ4n) is 10.8. The highest BCUT2D eigenvalue weighted by Gasteiger charge is 2.42. The van der Waals surface area contributed by atoms with Gasteiger partial charge in [0.25, 0.3) is 0 Å². The minimum absolute atomic E-state index is 0.0995. The number of para-hydroxylation sites is 3. The molecule has 324 valence electrons. The fraction of sp³-hybridized carbons (Fsp3) is 0. The number of aromatic nitrogens is 2. The molecule has 0 spiro atoms. The molecule has 3 heteroatoms. The molecule has 0 radical (unpaired) electrons. The summed E-state index contributed by atoms with van der Waals surface area (Å²) in [7, 11) is -3.61. The van der Waals surface area contributed by atoms with Crippen molar-refractivity contribution in [2.45, 2.75) is 0 Å². The first kappa shape index (κ1) is 31.3. The minimum atomic E-state index is -3.61. The molecule has 0 aliphatic heterocycles. The predicted molar refractivity (Wildman–Crippen MR) is 295 cm³/mol. The molecule has 13 aromatic rings. The lowest BCUT2D eigenvalue weighted by molar-refractivity contribution is 1.18. The third kappa shape index (κ3) is 6.54. The van der Waals surface area contributed by atoms with E-state index in [0.717, 1.165) is 65.0 Å². The Hall–Kier alpha value is -8.76. The smallest absolute Gasteiger partial charge is 0.179 e. The van der Waals surface area contributed by atoms with Crippen LogP contribution in [0.25, 0.3) is 88.4 Å². The van der Waals surface area contributed by atoms with Crippen LogP contribution in [0.2, 0.25) is 0 Å². The summed E-state index contributed by atoms with van der Waals surface area (Å²) in [5.41, 5.74) is 6.98. The van der Waals surface area contributed by atoms with Crippen LogP contribution in [0.4, 0.5) is 0 Å². The van der Waals surface area contributed by atoms with E-state index < -0.39 is 68.5 Å². The van der Waals surface area contributed by atoms with E-state index in [1.165, 1.54) is 0 Å². The Balaban J connectivity index is 1.22. The van der Waals surface area contributed by atoms with Gasteiger partial charge in [-0.1, -0.05) is 236 Å². The quantitative estimate of drug-likeness (QED) is 0.101. The van der Waals surface area contributed by atoms with Crippen LogP contribution in [0.5, 0.6) is 0 Å². The van der Waals surface area contributed by atoms with Crippen molar-refractivity contribution in [1.29, 1.82) is 0 Å². The summed E-state index contributed by atoms with van der Waals surface area (Å²) < 4.78 is 97.6. The second-order valence-corrected chi connectivity index (χ2v) is 21.0. The van der Waals surface area contributed by atoms with Gasteiger partial charge in [-0.2, -0.15) is 0 Å². The summed E-state index contributed by atoms with van der Waals surface area (Å²) in [6.45, 7) is 0. The zero-order chi connectivity index (χ0) is 54.4. The lowest BCUT2D eigenvalue weighted by Gasteiger charge is -2.36. The minimum Gasteiger partial charge on any atom is -0.309 e. The maximum Gasteiger partial charge on any atom is 0.179 e. The molecule has 11 aromatic carbocycles. The van der Waals surface area contributed by atoms with Crippen molar-refractivity contribution in [2.75, 3.05) is 0 Å². The molecule has 0 unspecified atom stereocenters. The highest BCUT2D eigenvalue weighted by molar-refractivity contribution is 7.20. The van der Waals surface area contributed by atoms with Gasteiger partial charge in [-0.3, -0.25) is 0 Å². The average molecular weight is 905 g/mol. The van der Waals surface area contributed by atoms with Crippen molar-refractivity contribution in [3.05, 3.63) is 279 Å². The van der Waals surface area contributed by atoms with Crippen LogP contribution < -0.4 is 20.7 Å². The van der Waals surface area contributed by atoms with Gasteiger partial charge in [0.2, 0.25) is 0 Å². The third-order valence-electron chi connectivity index (χ3n) is 13.6. The molecule has 0 atom stereocenters. The van der Waals surface area contributed by atoms with Gasteiger partial charge >= 0.3 is 0 Å². The SMILES string of the molecule is [2H]c1c([2H])c([2H])c(-c2cc([Si](c3ccccc3)(c3ccccc3)c3ccccc3)cc(-c3c([2H])c([2H])c([2H])c([2H])c3[2H])c2-n2c3ccccc3c3cc(-c4cccc5c4c4ccccc4n5-c4ccccc4)ccc32)c([2H])c1[2H]. The first-order valence-electron chi connectivity index (χ1n) is 28.0. The lowest BCUT2D eigenvalue weighted by Crippen LogP contribution is -2.74. The molecule has 69 heavy (non-hydrogen) atoms. The molecule has 0 N–H and O–H groups in total. The van der Waals surface area contributed by atoms with Gasteiger partial charge in [0.1, 0.15) is 0 Å². The number of rotatable bonds is 9. The van der Waals surface area contributed by atoms with Gasteiger partial charge in [-0.25, -0.2) is 0 Å². The number of nitrogens with zero attached hydrogens (tertiary/aromatic N) is 2. The first-order chi connectivity index (χ1) is 38.4. The van der Waals surface area contributed by atoms with Crippen LogP contribution >= 0.6 is 0 Å². The van der Waals surface area contributed by atoms with Gasteiger partial charge in [-0.05, 0) is 85.5 Å². The molecule has 0 aliphatic rings. The normalized spacial score (nSPS) is 13.8. The second-order valence-electron chi connectivity index (χ2n) is 17.2. The van der Waals surface area contributed by atoms with Crippen molar-refractivity contribution < 1.29 is 13.7 Å². The van der Waals surface area contributed by atoms with Crippen molar-refractivity contribution in [3.8, 4) is 44.8 Å². The average Bonchev–Trinajstić information content (AvgIpc) is 4.27. The van der Waals surface area contributed by atoms with E-state index in [4.69, 9.17) is 2.74 Å². The molecule has 0 saturated heterocycles. The molecule has 0 fully saturated rings. The van der Waals surface area contributed by atoms with Gasteiger partial charge in [0, 0.05) is 38.4 Å². The zero-order valence-electron chi connectivity index (χ0n) is 47.2. The van der Waals surface area contributed by atoms with Crippen molar-refractivity contribution in [1.82, 2.24) is 9.13 Å². The molecule has 13 rings (SSSR count). The Bertz CT molecular complexity index is 4360. The Morgan fingerprint density at radius 3 is 1.33 bits per heavy atom. The van der Waals surface area contributed by atoms with Gasteiger partial charge in [-0.15, -0.1) is 0 Å². The van der Waals surface area contributed by atoms with Crippen LogP contribution in [0.15, 0.2) is 279 Å². The number of fused-ring (bicyclic) bond motifs is 6. The number of benzene rings is 11. The van der Waals surface area contributed by atoms with Crippen molar-refractivity contribution in [2.24, 2.45) is 0 Å². The van der Waals surface area contributed by atoms with Crippen LogP contribution in [0, 0.1) is 0 Å². The van der Waals surface area contributed by atoms with E-state index >= 15 is 0 Å². The summed E-state index contributed by atoms with van der Waals surface area (Å²) >= 11 is 0. The lowest BCUT2D eigenvalue weighted by atomic mass is 9.95. The zero-order valence-corrected chi connectivity index (χ0v) is 38.2. The highest BCUT2D eigenvalue weighted by atomic mass is 28.3. The van der Waals surface area contributed by atoms with Gasteiger partial charge in [0.05, 0.1) is 41.5 Å². The molecule has 2 nitrogen and oxygen atoms in total. The first-order valence-corrected chi connectivity index (χ1v) is 25.0. The van der Waals surface area contributed by atoms with E-state index in [1.807, 2.05) is 120 Å². The summed E-state index contributed by atoms with van der Waals surface area (Å²) in [5.74, 6) is 0. The van der Waals surface area contributed by atoms with E-state index in [2.05, 4.69) is 108 Å². The van der Waals surface area contributed by atoms with E-state index in [1.54, 1.807) is 0 Å². The highest BCUT2D eigenvalue weighted by Crippen LogP contribution is 2.44. The summed E-state index contributed by atoms with van der Waals surface area (Å²) in [6, 6.07) is 68.3. The summed E-state index contributed by atoms with van der Waals surface area (Å²) in [4.78, 5) is 0. The Morgan fingerprint density at radius 1 is 0.304 bits per heavy atom. The topological polar surface area (TPSA) is 9.86 Å². The second kappa shape index (κ2) is 16.8. The van der Waals surface area contributed by atoms with Crippen molar-refractivity contribution >= 4 is 72.4 Å². The number of hydrogen-bond acceptors (Lipinski definition) is 0. The summed E-state index contributed by atoms with van der Waals surface area (Å²) in [6.07, 6.45) is 0. The van der Waals surface area contributed by atoms with E-state index in [-0.39, 0.29) is 27.9 Å². The van der Waals surface area contributed by atoms with E-state index in [9.17, 15) is 11.0 Å². The third-order valence-corrected chi connectivity index (χ3v) is 18.4. The molecule has 2 heterocycles. The van der Waals surface area contributed by atoms with Crippen LogP contribution in [0.3, 0.4) is 0 Å². The standard InChI is InChI=1S/C66H46N2Si/c1-7-24-47(25-8-1)58-45-54(69(51-30-13-4-14-31-51,52-32-15-5-16-33-52)53-34-17-6-18-35-53)46-59(48-26-9-2-10-27-48)66(58)68-61-39-21-19-36-56(61)60-44-49(42-43-63(60)68)55-38-23-41-64-65(55)57-37-20-22-40-62(57)67(64)50-28-11-3-12-29-50/h1-46H/i1D,2D,7D,8D,9D,10D,24D,25D,26D,27D. The maximum absolute atomic E-state index is 9.77. The van der Waals surface area contributed by atoms with Crippen LogP contribution in [-0.2, 0) is 0 Å². The van der Waals surface area contributed by atoms with Crippen molar-refractivity contribution in [3.63, 3.8) is 0 Å². The molecule has 0 saturated carbocycles. The monoisotopic (exact) mass is 904 g/mol. The summed E-state index contributed by atoms with van der Waals surface area (Å²) in [5, 5.41) is 7.42. The fourth-order valence-corrected chi connectivity index (χ4v) is 15.6. The number of hydrogen-bond donors (Lipinski definition) is 0. The van der Waals surface area contributed by atoms with E-state index in [0.29, 0.717) is 16.2 Å². The molecule has 0 aliphatic carbocycles. The van der Waals surface area contributed by atoms with Gasteiger partial charge in [0.15, 0.2) is 8.07 Å². The maximum atomic E-state index is 9.77. The Kier molecular flexibility index (Phi) is 7.63. The molecule has 0 amide bonds. The molecular weight excluding hydrogens is 849 g/mol. The Morgan fingerprint density at radius 2 is 0.768 bits per heavy atom. The largest absolute Gasteiger partial charge is 0.309 e. The van der Waals surface area contributed by atoms with Crippen LogP contribution in [0.1, 0.15) is 13.7 Å². The Labute approximate surface area is 417 Å². The molecular formula is C66H46N2Si. The predicted octanol–water partition coefficient (Wildman–Crippen LogP) is 14.3. The molecule has 2 aromatic heterocycles. The van der Waals surface area contributed by atoms with Crippen LogP contribution in [-0.4, -0.2) is 17.2 Å². The molecule has 0 bridgehead atoms. The van der Waals surface area contributed by atoms with Gasteiger partial charge < -0.3 is 9.13 Å².